The molecule has 2 aromatic rings. The van der Waals surface area contributed by atoms with Crippen LogP contribution in [0.2, 0.25) is 0 Å². The molecule has 0 bridgehead atoms. The topological polar surface area (TPSA) is 53.4 Å². The lowest BCUT2D eigenvalue weighted by Gasteiger charge is -2.15. The van der Waals surface area contributed by atoms with Gasteiger partial charge in [-0.3, -0.25) is 4.79 Å². The lowest BCUT2D eigenvalue weighted by Crippen LogP contribution is -2.30. The van der Waals surface area contributed by atoms with Crippen LogP contribution in [-0.2, 0) is 11.2 Å². The Balaban J connectivity index is 1.66. The van der Waals surface area contributed by atoms with Crippen LogP contribution in [0.5, 0.6) is 0 Å². The number of rotatable bonds is 4. The van der Waals surface area contributed by atoms with E-state index in [1.807, 2.05) is 22.4 Å². The number of thiazole rings is 1. The van der Waals surface area contributed by atoms with Gasteiger partial charge in [-0.1, -0.05) is 23.8 Å². The van der Waals surface area contributed by atoms with Gasteiger partial charge in [-0.25, -0.2) is 4.98 Å². The summed E-state index contributed by atoms with van der Waals surface area (Å²) in [6, 6.07) is 8.24. The van der Waals surface area contributed by atoms with Crippen molar-refractivity contribution in [2.45, 2.75) is 19.8 Å². The maximum atomic E-state index is 12.3. The third-order valence-electron chi connectivity index (χ3n) is 4.05. The second-order valence-electron chi connectivity index (χ2n) is 5.87. The first-order chi connectivity index (χ1) is 10.7. The Hall–Kier alpha value is -1.72. The van der Waals surface area contributed by atoms with Crippen LogP contribution in [0.3, 0.4) is 0 Å². The van der Waals surface area contributed by atoms with Crippen molar-refractivity contribution < 1.29 is 9.90 Å². The molecule has 1 aliphatic rings. The summed E-state index contributed by atoms with van der Waals surface area (Å²) in [5.74, 6) is 0.347. The van der Waals surface area contributed by atoms with Crippen molar-refractivity contribution in [2.24, 2.45) is 5.92 Å². The summed E-state index contributed by atoms with van der Waals surface area (Å²) in [7, 11) is 0. The lowest BCUT2D eigenvalue weighted by atomic mass is 10.1. The van der Waals surface area contributed by atoms with Crippen molar-refractivity contribution in [1.82, 2.24) is 9.88 Å². The molecule has 0 saturated carbocycles. The van der Waals surface area contributed by atoms with Gasteiger partial charge in [-0.05, 0) is 19.4 Å². The van der Waals surface area contributed by atoms with E-state index in [1.54, 1.807) is 11.3 Å². The average molecular weight is 316 g/mol. The molecule has 3 rings (SSSR count). The second kappa shape index (κ2) is 6.58. The van der Waals surface area contributed by atoms with E-state index in [0.29, 0.717) is 13.0 Å². The fraction of sp³-hybridized carbons (Fsp3) is 0.412. The molecule has 1 unspecified atom stereocenters. The van der Waals surface area contributed by atoms with E-state index < -0.39 is 0 Å². The van der Waals surface area contributed by atoms with Crippen molar-refractivity contribution >= 4 is 17.2 Å². The summed E-state index contributed by atoms with van der Waals surface area (Å²) < 4.78 is 0. The minimum absolute atomic E-state index is 0.108. The SMILES string of the molecule is Cc1cccc(-c2nc(CC(=O)N3CCC(CO)C3)cs2)c1. The zero-order chi connectivity index (χ0) is 15.5. The van der Waals surface area contributed by atoms with Crippen LogP contribution in [0.4, 0.5) is 0 Å². The van der Waals surface area contributed by atoms with Gasteiger partial charge in [-0.2, -0.15) is 0 Å². The molecule has 5 heteroatoms. The molecule has 1 fully saturated rings. The summed E-state index contributed by atoms with van der Waals surface area (Å²) in [4.78, 5) is 18.7. The summed E-state index contributed by atoms with van der Waals surface area (Å²) in [5, 5.41) is 12.1. The van der Waals surface area contributed by atoms with E-state index in [9.17, 15) is 4.79 Å². The Morgan fingerprint density at radius 1 is 1.50 bits per heavy atom. The molecule has 4 nitrogen and oxygen atoms in total. The van der Waals surface area contributed by atoms with Gasteiger partial charge in [-0.15, -0.1) is 11.3 Å². The Bertz CT molecular complexity index is 668. The number of hydrogen-bond acceptors (Lipinski definition) is 4. The quantitative estimate of drug-likeness (QED) is 0.943. The van der Waals surface area contributed by atoms with Gasteiger partial charge < -0.3 is 10.0 Å². The highest BCUT2D eigenvalue weighted by Gasteiger charge is 2.25. The van der Waals surface area contributed by atoms with Crippen molar-refractivity contribution in [3.8, 4) is 10.6 Å². The number of aromatic nitrogens is 1. The molecule has 1 atom stereocenters. The number of aliphatic hydroxyl groups is 1. The van der Waals surface area contributed by atoms with Crippen LogP contribution in [0.15, 0.2) is 29.6 Å². The molecule has 1 amide bonds. The molecule has 1 aliphatic heterocycles. The first-order valence-electron chi connectivity index (χ1n) is 7.56. The summed E-state index contributed by atoms with van der Waals surface area (Å²) in [5.41, 5.74) is 3.14. The molecule has 0 radical (unpaired) electrons. The van der Waals surface area contributed by atoms with E-state index in [4.69, 9.17) is 5.11 Å². The number of carbonyl (C=O) groups excluding carboxylic acids is 1. The number of hydrogen-bond donors (Lipinski definition) is 1. The molecule has 2 heterocycles. The van der Waals surface area contributed by atoms with Gasteiger partial charge in [0.15, 0.2) is 0 Å². The number of nitrogens with zero attached hydrogens (tertiary/aromatic N) is 2. The highest BCUT2D eigenvalue weighted by molar-refractivity contribution is 7.13. The molecule has 0 aliphatic carbocycles. The van der Waals surface area contributed by atoms with E-state index in [2.05, 4.69) is 24.0 Å². The van der Waals surface area contributed by atoms with Crippen LogP contribution >= 0.6 is 11.3 Å². The van der Waals surface area contributed by atoms with Gasteiger partial charge in [0.25, 0.3) is 0 Å². The normalized spacial score (nSPS) is 17.9. The molecule has 1 aromatic carbocycles. The molecule has 1 aromatic heterocycles. The lowest BCUT2D eigenvalue weighted by molar-refractivity contribution is -0.129. The molecular formula is C17H20N2O2S. The molecule has 0 spiro atoms. The summed E-state index contributed by atoms with van der Waals surface area (Å²) in [6.45, 7) is 3.65. The van der Waals surface area contributed by atoms with Crippen molar-refractivity contribution in [1.29, 1.82) is 0 Å². The fourth-order valence-electron chi connectivity index (χ4n) is 2.77. The first-order valence-corrected chi connectivity index (χ1v) is 8.44. The summed E-state index contributed by atoms with van der Waals surface area (Å²) in [6.07, 6.45) is 1.24. The summed E-state index contributed by atoms with van der Waals surface area (Å²) >= 11 is 1.58. The Morgan fingerprint density at radius 2 is 2.36 bits per heavy atom. The monoisotopic (exact) mass is 316 g/mol. The fourth-order valence-corrected chi connectivity index (χ4v) is 3.59. The second-order valence-corrected chi connectivity index (χ2v) is 6.73. The van der Waals surface area contributed by atoms with Gasteiger partial charge in [0.05, 0.1) is 12.1 Å². The number of aryl methyl sites for hydroxylation is 1. The van der Waals surface area contributed by atoms with Crippen molar-refractivity contribution in [3.05, 3.63) is 40.9 Å². The van der Waals surface area contributed by atoms with Crippen LogP contribution in [-0.4, -0.2) is 40.6 Å². The number of likely N-dealkylation sites (tertiary alicyclic amines) is 1. The van der Waals surface area contributed by atoms with E-state index >= 15 is 0 Å². The average Bonchev–Trinajstić information content (AvgIpc) is 3.16. The Kier molecular flexibility index (Phi) is 4.55. The number of benzene rings is 1. The predicted octanol–water partition coefficient (Wildman–Crippen LogP) is 2.50. The largest absolute Gasteiger partial charge is 0.396 e. The smallest absolute Gasteiger partial charge is 0.228 e. The van der Waals surface area contributed by atoms with Crippen molar-refractivity contribution in [2.75, 3.05) is 19.7 Å². The number of carbonyl (C=O) groups is 1. The third-order valence-corrected chi connectivity index (χ3v) is 4.99. The van der Waals surface area contributed by atoms with Crippen LogP contribution in [0, 0.1) is 12.8 Å². The predicted molar refractivity (Wildman–Crippen MR) is 87.8 cm³/mol. The molecule has 116 valence electrons. The molecular weight excluding hydrogens is 296 g/mol. The van der Waals surface area contributed by atoms with Crippen LogP contribution in [0.25, 0.3) is 10.6 Å². The minimum Gasteiger partial charge on any atom is -0.396 e. The van der Waals surface area contributed by atoms with Crippen LogP contribution < -0.4 is 0 Å². The molecule has 1 N–H and O–H groups in total. The maximum absolute atomic E-state index is 12.3. The van der Waals surface area contributed by atoms with Gasteiger partial charge >= 0.3 is 0 Å². The number of amides is 1. The van der Waals surface area contributed by atoms with Crippen LogP contribution in [0.1, 0.15) is 17.7 Å². The molecule has 1 saturated heterocycles. The van der Waals surface area contributed by atoms with Gasteiger partial charge in [0.2, 0.25) is 5.91 Å². The van der Waals surface area contributed by atoms with Gasteiger partial charge in [0, 0.05) is 36.6 Å². The zero-order valence-electron chi connectivity index (χ0n) is 12.7. The highest BCUT2D eigenvalue weighted by Crippen LogP contribution is 2.25. The standard InChI is InChI=1S/C17H20N2O2S/c1-12-3-2-4-14(7-12)17-18-15(11-22-17)8-16(21)19-6-5-13(9-19)10-20/h2-4,7,11,13,20H,5-6,8-10H2,1H3. The van der Waals surface area contributed by atoms with Crippen molar-refractivity contribution in [3.63, 3.8) is 0 Å². The maximum Gasteiger partial charge on any atom is 0.228 e. The third kappa shape index (κ3) is 3.36. The first kappa shape index (κ1) is 15.2. The van der Waals surface area contributed by atoms with E-state index in [0.717, 1.165) is 29.2 Å². The Morgan fingerprint density at radius 3 is 3.09 bits per heavy atom. The minimum atomic E-state index is 0.108. The van der Waals surface area contributed by atoms with E-state index in [-0.39, 0.29) is 18.4 Å². The van der Waals surface area contributed by atoms with E-state index in [1.165, 1.54) is 5.56 Å². The highest BCUT2D eigenvalue weighted by atomic mass is 32.1. The molecule has 22 heavy (non-hydrogen) atoms. The zero-order valence-corrected chi connectivity index (χ0v) is 13.5. The van der Waals surface area contributed by atoms with Gasteiger partial charge in [0.1, 0.15) is 5.01 Å². The Labute approximate surface area is 134 Å². The number of aliphatic hydroxyl groups excluding tert-OH is 1.